The average molecular weight is 466 g/mol. The quantitative estimate of drug-likeness (QED) is 0.508. The number of nitrogens with one attached hydrogen (secondary N) is 1. The molecule has 0 radical (unpaired) electrons. The molecule has 0 fully saturated rings. The fourth-order valence-electron chi connectivity index (χ4n) is 3.41. The number of ketones is 1. The molecule has 4 rings (SSSR count). The van der Waals surface area contributed by atoms with Crippen LogP contribution >= 0.6 is 0 Å². The fraction of sp³-hybridized carbons (Fsp3) is 0.240. The van der Waals surface area contributed by atoms with Gasteiger partial charge in [-0.05, 0) is 56.3 Å². The molecular formula is C25H23FN2O6. The molecule has 176 valence electrons. The number of carbonyl (C=O) groups is 3. The van der Waals surface area contributed by atoms with E-state index in [-0.39, 0.29) is 54.7 Å². The van der Waals surface area contributed by atoms with Crippen molar-refractivity contribution in [3.63, 3.8) is 0 Å². The molecule has 2 heterocycles. The van der Waals surface area contributed by atoms with Gasteiger partial charge in [0.15, 0.2) is 36.3 Å². The van der Waals surface area contributed by atoms with Gasteiger partial charge in [-0.1, -0.05) is 12.1 Å². The van der Waals surface area contributed by atoms with E-state index in [1.54, 1.807) is 30.3 Å². The van der Waals surface area contributed by atoms with Crippen LogP contribution in [0.4, 0.5) is 10.1 Å². The number of nitrogens with zero attached hydrogens (tertiary/aromatic N) is 1. The van der Waals surface area contributed by atoms with Crippen molar-refractivity contribution in [1.29, 1.82) is 0 Å². The minimum atomic E-state index is -0.564. The monoisotopic (exact) mass is 466 g/mol. The van der Waals surface area contributed by atoms with Gasteiger partial charge in [-0.2, -0.15) is 0 Å². The topological polar surface area (TPSA) is 98.1 Å². The molecule has 1 aromatic heterocycles. The van der Waals surface area contributed by atoms with Crippen LogP contribution in [0.2, 0.25) is 0 Å². The van der Waals surface area contributed by atoms with Crippen LogP contribution in [-0.2, 0) is 11.3 Å². The summed E-state index contributed by atoms with van der Waals surface area (Å²) < 4.78 is 30.2. The molecule has 8 nitrogen and oxygen atoms in total. The van der Waals surface area contributed by atoms with Crippen molar-refractivity contribution < 1.29 is 32.7 Å². The van der Waals surface area contributed by atoms with Gasteiger partial charge in [-0.25, -0.2) is 4.39 Å². The summed E-state index contributed by atoms with van der Waals surface area (Å²) in [5.74, 6) is -0.699. The second-order valence-electron chi connectivity index (χ2n) is 7.99. The normalized spacial score (nSPS) is 12.8. The molecule has 3 aromatic rings. The van der Waals surface area contributed by atoms with Crippen LogP contribution in [-0.4, -0.2) is 36.9 Å². The molecule has 1 aliphatic rings. The third-order valence-corrected chi connectivity index (χ3v) is 5.04. The van der Waals surface area contributed by atoms with Crippen LogP contribution in [0, 0.1) is 5.82 Å². The number of Topliss-reactive ketones (excluding diaryl/α,β-unsaturated/α-hetero) is 1. The Kier molecular flexibility index (Phi) is 6.62. The highest BCUT2D eigenvalue weighted by Gasteiger charge is 2.28. The summed E-state index contributed by atoms with van der Waals surface area (Å²) in [5, 5.41) is 2.74. The molecule has 2 aromatic carbocycles. The maximum atomic E-state index is 13.8. The van der Waals surface area contributed by atoms with Crippen LogP contribution in [0.3, 0.4) is 0 Å². The number of anilines is 1. The number of fused-ring (bicyclic) bond motifs is 1. The fourth-order valence-corrected chi connectivity index (χ4v) is 3.41. The van der Waals surface area contributed by atoms with Gasteiger partial charge < -0.3 is 19.2 Å². The molecule has 0 bridgehead atoms. The zero-order valence-corrected chi connectivity index (χ0v) is 18.7. The lowest BCUT2D eigenvalue weighted by Crippen LogP contribution is -2.38. The van der Waals surface area contributed by atoms with E-state index in [1.165, 1.54) is 29.2 Å². The summed E-state index contributed by atoms with van der Waals surface area (Å²) in [7, 11) is 0. The van der Waals surface area contributed by atoms with Crippen molar-refractivity contribution >= 4 is 23.3 Å². The smallest absolute Gasteiger partial charge is 0.287 e. The van der Waals surface area contributed by atoms with Gasteiger partial charge in [0.05, 0.1) is 12.2 Å². The van der Waals surface area contributed by atoms with Crippen molar-refractivity contribution in [3.8, 4) is 11.5 Å². The van der Waals surface area contributed by atoms with Gasteiger partial charge in [0.2, 0.25) is 0 Å². The molecule has 0 spiro atoms. The number of furan rings is 1. The van der Waals surface area contributed by atoms with Crippen molar-refractivity contribution in [2.45, 2.75) is 26.4 Å². The molecule has 1 aliphatic heterocycles. The molecule has 0 atom stereocenters. The number of halogens is 1. The first-order valence-electron chi connectivity index (χ1n) is 10.7. The second kappa shape index (κ2) is 9.78. The highest BCUT2D eigenvalue weighted by atomic mass is 19.1. The third kappa shape index (κ3) is 5.09. The number of para-hydroxylation sites is 1. The average Bonchev–Trinajstić information content (AvgIpc) is 3.28. The summed E-state index contributed by atoms with van der Waals surface area (Å²) >= 11 is 0. The number of hydrogen-bond acceptors (Lipinski definition) is 6. The van der Waals surface area contributed by atoms with Crippen LogP contribution in [0.1, 0.15) is 40.5 Å². The number of carbonyl (C=O) groups excluding carboxylic acids is 3. The highest BCUT2D eigenvalue weighted by molar-refractivity contribution is 6.02. The van der Waals surface area contributed by atoms with Gasteiger partial charge >= 0.3 is 0 Å². The van der Waals surface area contributed by atoms with Crippen molar-refractivity contribution in [1.82, 2.24) is 5.32 Å². The van der Waals surface area contributed by atoms with Crippen molar-refractivity contribution in [3.05, 3.63) is 77.5 Å². The Morgan fingerprint density at radius 1 is 1.15 bits per heavy atom. The van der Waals surface area contributed by atoms with E-state index in [0.29, 0.717) is 17.2 Å². The number of rotatable bonds is 8. The minimum absolute atomic E-state index is 0.0240. The number of hydrogen-bond donors (Lipinski definition) is 1. The first-order chi connectivity index (χ1) is 16.3. The lowest BCUT2D eigenvalue weighted by molar-refractivity contribution is -0.121. The van der Waals surface area contributed by atoms with E-state index in [0.717, 1.165) is 0 Å². The maximum Gasteiger partial charge on any atom is 0.287 e. The van der Waals surface area contributed by atoms with Gasteiger partial charge in [-0.3, -0.25) is 19.3 Å². The second-order valence-corrected chi connectivity index (χ2v) is 7.99. The van der Waals surface area contributed by atoms with Crippen molar-refractivity contribution in [2.24, 2.45) is 0 Å². The molecule has 34 heavy (non-hydrogen) atoms. The highest BCUT2D eigenvalue weighted by Crippen LogP contribution is 2.34. The molecular weight excluding hydrogens is 443 g/mol. The van der Waals surface area contributed by atoms with Gasteiger partial charge in [0, 0.05) is 11.6 Å². The number of amides is 2. The van der Waals surface area contributed by atoms with E-state index in [4.69, 9.17) is 13.9 Å². The summed E-state index contributed by atoms with van der Waals surface area (Å²) in [6.45, 7) is 3.18. The van der Waals surface area contributed by atoms with Crippen molar-refractivity contribution in [2.75, 3.05) is 18.1 Å². The first kappa shape index (κ1) is 23.0. The van der Waals surface area contributed by atoms with Gasteiger partial charge in [0.1, 0.15) is 11.5 Å². The predicted molar refractivity (Wildman–Crippen MR) is 121 cm³/mol. The summed E-state index contributed by atoms with van der Waals surface area (Å²) in [6.07, 6.45) is 0. The lowest BCUT2D eigenvalue weighted by atomic mass is 10.1. The maximum absolute atomic E-state index is 13.8. The molecule has 0 saturated carbocycles. The third-order valence-electron chi connectivity index (χ3n) is 5.04. The Balaban J connectivity index is 1.51. The van der Waals surface area contributed by atoms with E-state index < -0.39 is 11.6 Å². The van der Waals surface area contributed by atoms with Crippen LogP contribution in [0.25, 0.3) is 0 Å². The Labute approximate surface area is 195 Å². The SMILES string of the molecule is CC(C)NC(=O)c1ccc(CN2C(=O)COc3ccc(C(=O)COc4ccccc4F)cc32)o1. The molecule has 1 N–H and O–H groups in total. The Bertz CT molecular complexity index is 1240. The summed E-state index contributed by atoms with van der Waals surface area (Å²) in [6, 6.07) is 13.6. The van der Waals surface area contributed by atoms with Crippen LogP contribution in [0.5, 0.6) is 11.5 Å². The lowest BCUT2D eigenvalue weighted by Gasteiger charge is -2.29. The molecule has 0 aliphatic carbocycles. The van der Waals surface area contributed by atoms with E-state index in [9.17, 15) is 18.8 Å². The molecule has 0 saturated heterocycles. The Morgan fingerprint density at radius 3 is 2.71 bits per heavy atom. The molecule has 0 unspecified atom stereocenters. The van der Waals surface area contributed by atoms with E-state index in [2.05, 4.69) is 5.32 Å². The van der Waals surface area contributed by atoms with E-state index in [1.807, 2.05) is 13.8 Å². The Morgan fingerprint density at radius 2 is 1.94 bits per heavy atom. The number of ether oxygens (including phenoxy) is 2. The predicted octanol–water partition coefficient (Wildman–Crippen LogP) is 3.74. The molecule has 2 amide bonds. The minimum Gasteiger partial charge on any atom is -0.482 e. The first-order valence-corrected chi connectivity index (χ1v) is 10.7. The number of benzene rings is 2. The largest absolute Gasteiger partial charge is 0.482 e. The standard InChI is InChI=1S/C25H23FN2O6/c1-15(2)27-25(31)23-10-8-17(34-23)12-28-19-11-16(7-9-22(19)33-14-24(28)30)20(29)13-32-21-6-4-3-5-18(21)26/h3-11,15H,12-14H2,1-2H3,(H,27,31). The molecule has 9 heteroatoms. The zero-order valence-electron chi connectivity index (χ0n) is 18.7. The summed E-state index contributed by atoms with van der Waals surface area (Å²) in [4.78, 5) is 38.9. The van der Waals surface area contributed by atoms with Crippen LogP contribution < -0.4 is 19.7 Å². The summed E-state index contributed by atoms with van der Waals surface area (Å²) in [5.41, 5.74) is 0.660. The van der Waals surface area contributed by atoms with E-state index >= 15 is 0 Å². The van der Waals surface area contributed by atoms with Crippen LogP contribution in [0.15, 0.2) is 59.0 Å². The van der Waals surface area contributed by atoms with Gasteiger partial charge in [0.25, 0.3) is 11.8 Å². The Hall–Kier alpha value is -4.14. The zero-order chi connectivity index (χ0) is 24.2. The van der Waals surface area contributed by atoms with Gasteiger partial charge in [-0.15, -0.1) is 0 Å².